The normalized spacial score (nSPS) is 20.3. The minimum Gasteiger partial charge on any atom is -0.357 e. The van der Waals surface area contributed by atoms with Crippen LogP contribution in [0.5, 0.6) is 0 Å². The average Bonchev–Trinajstić information content (AvgIpc) is 2.58. The van der Waals surface area contributed by atoms with E-state index in [1.165, 1.54) is 6.42 Å². The van der Waals surface area contributed by atoms with Crippen molar-refractivity contribution in [2.24, 2.45) is 16.8 Å². The Balaban J connectivity index is 0.00000338. The Morgan fingerprint density at radius 1 is 1.15 bits per heavy atom. The first-order chi connectivity index (χ1) is 12.0. The zero-order valence-corrected chi connectivity index (χ0v) is 18.7. The highest BCUT2D eigenvalue weighted by atomic mass is 127. The van der Waals surface area contributed by atoms with Crippen LogP contribution in [0.4, 0.5) is 0 Å². The maximum Gasteiger partial charge on any atom is 0.251 e. The summed E-state index contributed by atoms with van der Waals surface area (Å²) in [7, 11) is 0. The van der Waals surface area contributed by atoms with Crippen LogP contribution in [-0.4, -0.2) is 42.9 Å². The van der Waals surface area contributed by atoms with E-state index in [4.69, 9.17) is 4.99 Å². The van der Waals surface area contributed by atoms with Gasteiger partial charge in [-0.2, -0.15) is 0 Å². The predicted molar refractivity (Wildman–Crippen MR) is 119 cm³/mol. The fourth-order valence-electron chi connectivity index (χ4n) is 3.50. The van der Waals surface area contributed by atoms with Gasteiger partial charge in [-0.25, -0.2) is 4.99 Å². The van der Waals surface area contributed by atoms with Gasteiger partial charge in [-0.1, -0.05) is 26.0 Å². The first-order valence-electron chi connectivity index (χ1n) is 9.43. The number of hydrogen-bond acceptors (Lipinski definition) is 2. The lowest BCUT2D eigenvalue weighted by Crippen LogP contribution is -2.48. The third-order valence-electron chi connectivity index (χ3n) is 4.44. The summed E-state index contributed by atoms with van der Waals surface area (Å²) in [6.45, 7) is 12.8. The molecule has 2 N–H and O–H groups in total. The smallest absolute Gasteiger partial charge is 0.251 e. The lowest BCUT2D eigenvalue weighted by atomic mass is 9.92. The SMILES string of the molecule is CCNC(=O)c1cccc(CN=C(NCC)N2CC(C)CC(C)C2)c1.I. The fraction of sp³-hybridized carbons (Fsp3) is 0.600. The second-order valence-electron chi connectivity index (χ2n) is 7.08. The van der Waals surface area contributed by atoms with Crippen molar-refractivity contribution >= 4 is 35.8 Å². The first kappa shape index (κ1) is 22.7. The lowest BCUT2D eigenvalue weighted by molar-refractivity contribution is 0.0955. The molecule has 1 aliphatic heterocycles. The average molecular weight is 472 g/mol. The molecule has 6 heteroatoms. The molecule has 0 spiro atoms. The lowest BCUT2D eigenvalue weighted by Gasteiger charge is -2.37. The molecule has 1 aromatic carbocycles. The van der Waals surface area contributed by atoms with Crippen molar-refractivity contribution in [1.29, 1.82) is 0 Å². The number of carbonyl (C=O) groups excluding carboxylic acids is 1. The third-order valence-corrected chi connectivity index (χ3v) is 4.44. The Hall–Kier alpha value is -1.31. The van der Waals surface area contributed by atoms with E-state index in [2.05, 4.69) is 36.3 Å². The van der Waals surface area contributed by atoms with Crippen LogP contribution in [0, 0.1) is 11.8 Å². The Morgan fingerprint density at radius 2 is 1.81 bits per heavy atom. The van der Waals surface area contributed by atoms with Crippen LogP contribution in [0.25, 0.3) is 0 Å². The first-order valence-corrected chi connectivity index (χ1v) is 9.43. The van der Waals surface area contributed by atoms with Gasteiger partial charge in [0.1, 0.15) is 0 Å². The standard InChI is InChI=1S/C20H32N4O.HI/c1-5-21-19(25)18-9-7-8-17(11-18)12-23-20(22-6-2)24-13-15(3)10-16(4)14-24;/h7-9,11,15-16H,5-6,10,12-14H2,1-4H3,(H,21,25)(H,22,23);1H. The van der Waals surface area contributed by atoms with Gasteiger partial charge in [-0.3, -0.25) is 4.79 Å². The van der Waals surface area contributed by atoms with Crippen molar-refractivity contribution in [2.45, 2.75) is 40.7 Å². The Morgan fingerprint density at radius 3 is 2.42 bits per heavy atom. The number of aliphatic imine (C=N–C) groups is 1. The summed E-state index contributed by atoms with van der Waals surface area (Å²) < 4.78 is 0. The summed E-state index contributed by atoms with van der Waals surface area (Å²) in [6, 6.07) is 7.72. The number of guanidine groups is 1. The quantitative estimate of drug-likeness (QED) is 0.392. The van der Waals surface area contributed by atoms with Crippen molar-refractivity contribution in [2.75, 3.05) is 26.2 Å². The maximum absolute atomic E-state index is 12.0. The molecule has 26 heavy (non-hydrogen) atoms. The van der Waals surface area contributed by atoms with Crippen molar-refractivity contribution in [1.82, 2.24) is 15.5 Å². The highest BCUT2D eigenvalue weighted by molar-refractivity contribution is 14.0. The minimum absolute atomic E-state index is 0. The van der Waals surface area contributed by atoms with Crippen LogP contribution in [0.1, 0.15) is 50.0 Å². The van der Waals surface area contributed by atoms with Gasteiger partial charge in [-0.05, 0) is 49.8 Å². The summed E-state index contributed by atoms with van der Waals surface area (Å²) in [5.74, 6) is 2.32. The van der Waals surface area contributed by atoms with Gasteiger partial charge in [-0.15, -0.1) is 24.0 Å². The van der Waals surface area contributed by atoms with Crippen LogP contribution in [0.15, 0.2) is 29.3 Å². The Labute approximate surface area is 175 Å². The molecule has 2 rings (SSSR count). The maximum atomic E-state index is 12.0. The van der Waals surface area contributed by atoms with Crippen molar-refractivity contribution in [3.8, 4) is 0 Å². The minimum atomic E-state index is -0.0288. The second kappa shape index (κ2) is 11.4. The number of likely N-dealkylation sites (tertiary alicyclic amines) is 1. The summed E-state index contributed by atoms with van der Waals surface area (Å²) >= 11 is 0. The molecule has 0 aromatic heterocycles. The van der Waals surface area contributed by atoms with Gasteiger partial charge in [0.25, 0.3) is 5.91 Å². The monoisotopic (exact) mass is 472 g/mol. The van der Waals surface area contributed by atoms with E-state index < -0.39 is 0 Å². The third kappa shape index (κ3) is 6.78. The van der Waals surface area contributed by atoms with E-state index in [0.717, 1.165) is 31.2 Å². The van der Waals surface area contributed by atoms with E-state index >= 15 is 0 Å². The zero-order valence-electron chi connectivity index (χ0n) is 16.4. The number of carbonyl (C=O) groups is 1. The van der Waals surface area contributed by atoms with Crippen LogP contribution in [-0.2, 0) is 6.54 Å². The van der Waals surface area contributed by atoms with E-state index in [1.54, 1.807) is 0 Å². The van der Waals surface area contributed by atoms with Gasteiger partial charge < -0.3 is 15.5 Å². The van der Waals surface area contributed by atoms with Gasteiger partial charge in [0.05, 0.1) is 6.54 Å². The Kier molecular flexibility index (Phi) is 9.98. The molecule has 1 aliphatic rings. The van der Waals surface area contributed by atoms with E-state index in [0.29, 0.717) is 30.5 Å². The molecule has 1 fully saturated rings. The highest BCUT2D eigenvalue weighted by Crippen LogP contribution is 2.21. The molecule has 0 bridgehead atoms. The molecule has 1 saturated heterocycles. The van der Waals surface area contributed by atoms with Crippen LogP contribution in [0.3, 0.4) is 0 Å². The summed E-state index contributed by atoms with van der Waals surface area (Å²) in [5.41, 5.74) is 1.75. The number of benzene rings is 1. The number of amides is 1. The van der Waals surface area contributed by atoms with Crippen LogP contribution >= 0.6 is 24.0 Å². The van der Waals surface area contributed by atoms with E-state index in [1.807, 2.05) is 31.2 Å². The molecule has 5 nitrogen and oxygen atoms in total. The molecule has 1 amide bonds. The molecule has 1 heterocycles. The predicted octanol–water partition coefficient (Wildman–Crippen LogP) is 3.50. The fourth-order valence-corrected chi connectivity index (χ4v) is 3.50. The molecular formula is C20H33IN4O. The number of nitrogens with one attached hydrogen (secondary N) is 2. The molecule has 0 saturated carbocycles. The van der Waals surface area contributed by atoms with E-state index in [9.17, 15) is 4.79 Å². The molecular weight excluding hydrogens is 439 g/mol. The molecule has 146 valence electrons. The summed E-state index contributed by atoms with van der Waals surface area (Å²) in [4.78, 5) is 19.2. The van der Waals surface area contributed by atoms with E-state index in [-0.39, 0.29) is 29.9 Å². The van der Waals surface area contributed by atoms with Gasteiger partial charge in [0, 0.05) is 31.7 Å². The van der Waals surface area contributed by atoms with Gasteiger partial charge in [0.15, 0.2) is 5.96 Å². The molecule has 0 radical (unpaired) electrons. The topological polar surface area (TPSA) is 56.7 Å². The molecule has 1 aromatic rings. The van der Waals surface area contributed by atoms with Crippen LogP contribution < -0.4 is 10.6 Å². The van der Waals surface area contributed by atoms with Crippen molar-refractivity contribution in [3.63, 3.8) is 0 Å². The largest absolute Gasteiger partial charge is 0.357 e. The van der Waals surface area contributed by atoms with Crippen molar-refractivity contribution in [3.05, 3.63) is 35.4 Å². The summed E-state index contributed by atoms with van der Waals surface area (Å²) in [5, 5.41) is 6.26. The van der Waals surface area contributed by atoms with Crippen molar-refractivity contribution < 1.29 is 4.79 Å². The number of hydrogen-bond donors (Lipinski definition) is 2. The highest BCUT2D eigenvalue weighted by Gasteiger charge is 2.23. The Bertz CT molecular complexity index is 595. The zero-order chi connectivity index (χ0) is 18.2. The van der Waals surface area contributed by atoms with Crippen LogP contribution in [0.2, 0.25) is 0 Å². The van der Waals surface area contributed by atoms with Gasteiger partial charge in [0.2, 0.25) is 0 Å². The number of halogens is 1. The number of piperidine rings is 1. The molecule has 0 aliphatic carbocycles. The number of rotatable bonds is 5. The molecule has 2 unspecified atom stereocenters. The number of nitrogens with zero attached hydrogens (tertiary/aromatic N) is 2. The molecule has 2 atom stereocenters. The summed E-state index contributed by atoms with van der Waals surface area (Å²) in [6.07, 6.45) is 1.28. The second-order valence-corrected chi connectivity index (χ2v) is 7.08. The van der Waals surface area contributed by atoms with Gasteiger partial charge >= 0.3 is 0 Å².